The van der Waals surface area contributed by atoms with Crippen LogP contribution in [0.5, 0.6) is 5.88 Å². The van der Waals surface area contributed by atoms with Gasteiger partial charge in [-0.2, -0.15) is 14.9 Å². The molecule has 10 nitrogen and oxygen atoms in total. The summed E-state index contributed by atoms with van der Waals surface area (Å²) in [7, 11) is 0. The maximum atomic E-state index is 14.4. The molecule has 0 N–H and O–H groups in total. The summed E-state index contributed by atoms with van der Waals surface area (Å²) in [6, 6.07) is 5.94. The maximum absolute atomic E-state index is 14.4. The zero-order valence-corrected chi connectivity index (χ0v) is 17.0. The third kappa shape index (κ3) is 4.23. The fourth-order valence-corrected chi connectivity index (χ4v) is 3.32. The Hall–Kier alpha value is -3.81. The predicted molar refractivity (Wildman–Crippen MR) is 106 cm³/mol. The molecule has 1 fully saturated rings. The van der Waals surface area contributed by atoms with Gasteiger partial charge in [0.15, 0.2) is 11.2 Å². The first-order valence-electron chi connectivity index (χ1n) is 9.85. The Bertz CT molecular complexity index is 1150. The van der Waals surface area contributed by atoms with Gasteiger partial charge in [-0.05, 0) is 32.0 Å². The van der Waals surface area contributed by atoms with Crippen LogP contribution in [-0.2, 0) is 4.74 Å². The van der Waals surface area contributed by atoms with Crippen molar-refractivity contribution >= 4 is 17.3 Å². The number of hydrogen-bond acceptors (Lipinski definition) is 8. The molecule has 1 amide bonds. The first kappa shape index (κ1) is 20.5. The molecule has 0 atom stereocenters. The normalized spacial score (nSPS) is 14.6. The van der Waals surface area contributed by atoms with Gasteiger partial charge in [0.1, 0.15) is 23.9 Å². The van der Waals surface area contributed by atoms with Crippen molar-refractivity contribution in [3.05, 3.63) is 35.9 Å². The average Bonchev–Trinajstić information content (AvgIpc) is 3.18. The summed E-state index contributed by atoms with van der Waals surface area (Å²) in [5, 5.41) is 17.0. The Labute approximate surface area is 177 Å². The molecule has 1 aliphatic heterocycles. The Morgan fingerprint density at radius 2 is 2.06 bits per heavy atom. The summed E-state index contributed by atoms with van der Waals surface area (Å²) in [4.78, 5) is 22.0. The lowest BCUT2D eigenvalue weighted by Crippen LogP contribution is -2.42. The van der Waals surface area contributed by atoms with E-state index in [1.165, 1.54) is 23.1 Å². The molecule has 1 aromatic carbocycles. The van der Waals surface area contributed by atoms with Crippen LogP contribution in [-0.4, -0.2) is 61.3 Å². The molecule has 4 rings (SSSR count). The van der Waals surface area contributed by atoms with Crippen molar-refractivity contribution in [2.45, 2.75) is 38.9 Å². The molecule has 31 heavy (non-hydrogen) atoms. The Kier molecular flexibility index (Phi) is 5.62. The van der Waals surface area contributed by atoms with Gasteiger partial charge in [0.2, 0.25) is 5.88 Å². The van der Waals surface area contributed by atoms with Gasteiger partial charge in [0.05, 0.1) is 17.7 Å². The second-order valence-corrected chi connectivity index (χ2v) is 7.37. The van der Waals surface area contributed by atoms with Gasteiger partial charge in [0.25, 0.3) is 0 Å². The van der Waals surface area contributed by atoms with E-state index in [1.807, 2.05) is 19.9 Å². The van der Waals surface area contributed by atoms with Gasteiger partial charge < -0.3 is 14.4 Å². The third-order valence-corrected chi connectivity index (χ3v) is 4.82. The predicted octanol–water partition coefficient (Wildman–Crippen LogP) is 2.61. The summed E-state index contributed by atoms with van der Waals surface area (Å²) in [6.07, 6.45) is 1.85. The van der Waals surface area contributed by atoms with Crippen molar-refractivity contribution in [2.75, 3.05) is 13.1 Å². The molecule has 0 aliphatic carbocycles. The summed E-state index contributed by atoms with van der Waals surface area (Å²) in [6.45, 7) is 4.64. The van der Waals surface area contributed by atoms with Gasteiger partial charge >= 0.3 is 6.09 Å². The van der Waals surface area contributed by atoms with Crippen molar-refractivity contribution in [3.8, 4) is 17.6 Å². The molecule has 0 bridgehead atoms. The number of benzene rings is 1. The van der Waals surface area contributed by atoms with E-state index in [2.05, 4.69) is 20.3 Å². The minimum Gasteiger partial charge on any atom is -0.472 e. The fourth-order valence-electron chi connectivity index (χ4n) is 3.32. The number of aromatic nitrogens is 5. The number of rotatable bonds is 4. The van der Waals surface area contributed by atoms with Crippen molar-refractivity contribution in [1.82, 2.24) is 29.9 Å². The number of fused-ring (bicyclic) bond motifs is 1. The molecule has 0 spiro atoms. The van der Waals surface area contributed by atoms with Crippen LogP contribution in [0.3, 0.4) is 0 Å². The Balaban J connectivity index is 1.51. The molecule has 0 saturated carbocycles. The highest BCUT2D eigenvalue weighted by molar-refractivity contribution is 5.76. The van der Waals surface area contributed by atoms with E-state index in [4.69, 9.17) is 14.7 Å². The molecule has 160 valence electrons. The highest BCUT2D eigenvalue weighted by Crippen LogP contribution is 2.25. The van der Waals surface area contributed by atoms with Crippen molar-refractivity contribution in [1.29, 1.82) is 5.26 Å². The average molecular weight is 425 g/mol. The molecule has 2 aromatic heterocycles. The molecule has 11 heteroatoms. The summed E-state index contributed by atoms with van der Waals surface area (Å²) in [5.41, 5.74) is 0.899. The van der Waals surface area contributed by atoms with E-state index < -0.39 is 5.82 Å². The van der Waals surface area contributed by atoms with Gasteiger partial charge in [0, 0.05) is 25.9 Å². The monoisotopic (exact) mass is 425 g/mol. The first-order chi connectivity index (χ1) is 15.0. The second kappa shape index (κ2) is 8.51. The number of piperidine rings is 1. The molecule has 3 heterocycles. The Morgan fingerprint density at radius 1 is 1.29 bits per heavy atom. The van der Waals surface area contributed by atoms with Gasteiger partial charge in [-0.1, -0.05) is 5.21 Å². The lowest BCUT2D eigenvalue weighted by Gasteiger charge is -2.31. The lowest BCUT2D eigenvalue weighted by molar-refractivity contribution is 0.0510. The molecular formula is C20H20FN7O3. The molecule has 0 radical (unpaired) electrons. The van der Waals surface area contributed by atoms with Crippen molar-refractivity contribution < 1.29 is 18.7 Å². The number of amides is 1. The standard InChI is InChI=1S/C20H20FN7O3/c1-12(2)30-20(29)27-7-5-14(6-8-27)31-19-17-18(23-11-24-19)28(26-25-17)16-4-3-13(10-22)9-15(16)21/h3-4,9,11-12,14H,5-8H2,1-2H3. The number of likely N-dealkylation sites (tertiary alicyclic amines) is 1. The fraction of sp³-hybridized carbons (Fsp3) is 0.400. The van der Waals surface area contributed by atoms with Crippen molar-refractivity contribution in [2.24, 2.45) is 0 Å². The van der Waals surface area contributed by atoms with Crippen LogP contribution in [0.1, 0.15) is 32.3 Å². The number of halogens is 1. The highest BCUT2D eigenvalue weighted by atomic mass is 19.1. The zero-order chi connectivity index (χ0) is 22.0. The number of hydrogen-bond donors (Lipinski definition) is 0. The molecule has 3 aromatic rings. The topological polar surface area (TPSA) is 119 Å². The van der Waals surface area contributed by atoms with Crippen LogP contribution in [0.25, 0.3) is 16.9 Å². The zero-order valence-electron chi connectivity index (χ0n) is 17.0. The van der Waals surface area contributed by atoms with E-state index >= 15 is 0 Å². The van der Waals surface area contributed by atoms with Crippen molar-refractivity contribution in [3.63, 3.8) is 0 Å². The first-order valence-corrected chi connectivity index (χ1v) is 9.85. The van der Waals surface area contributed by atoms with Crippen LogP contribution < -0.4 is 4.74 Å². The van der Waals surface area contributed by atoms with E-state index in [1.54, 1.807) is 4.90 Å². The highest BCUT2D eigenvalue weighted by Gasteiger charge is 2.27. The van der Waals surface area contributed by atoms with E-state index in [0.717, 1.165) is 6.07 Å². The number of carbonyl (C=O) groups excluding carboxylic acids is 1. The number of nitrogens with zero attached hydrogens (tertiary/aromatic N) is 7. The number of carbonyl (C=O) groups is 1. The van der Waals surface area contributed by atoms with Crippen LogP contribution in [0.4, 0.5) is 9.18 Å². The van der Waals surface area contributed by atoms with Gasteiger partial charge in [-0.3, -0.25) is 0 Å². The summed E-state index contributed by atoms with van der Waals surface area (Å²) >= 11 is 0. The summed E-state index contributed by atoms with van der Waals surface area (Å²) in [5.74, 6) is -0.374. The van der Waals surface area contributed by atoms with E-state index in [0.29, 0.717) is 31.4 Å². The smallest absolute Gasteiger partial charge is 0.410 e. The largest absolute Gasteiger partial charge is 0.472 e. The molecule has 0 unspecified atom stereocenters. The quantitative estimate of drug-likeness (QED) is 0.626. The molecular weight excluding hydrogens is 405 g/mol. The number of nitriles is 1. The summed E-state index contributed by atoms with van der Waals surface area (Å²) < 4.78 is 26.9. The Morgan fingerprint density at radius 3 is 2.74 bits per heavy atom. The minimum atomic E-state index is -0.618. The maximum Gasteiger partial charge on any atom is 0.410 e. The SMILES string of the molecule is CC(C)OC(=O)N1CCC(Oc2ncnc3c2nnn3-c2ccc(C#N)cc2F)CC1. The minimum absolute atomic E-state index is 0.114. The van der Waals surface area contributed by atoms with Crippen LogP contribution in [0.2, 0.25) is 0 Å². The molecule has 1 aliphatic rings. The van der Waals surface area contributed by atoms with Crippen LogP contribution >= 0.6 is 0 Å². The van der Waals surface area contributed by atoms with Crippen LogP contribution in [0, 0.1) is 17.1 Å². The van der Waals surface area contributed by atoms with E-state index in [-0.39, 0.29) is 41.1 Å². The lowest BCUT2D eigenvalue weighted by atomic mass is 10.1. The van der Waals surface area contributed by atoms with Gasteiger partial charge in [-0.25, -0.2) is 14.2 Å². The van der Waals surface area contributed by atoms with Gasteiger partial charge in [-0.15, -0.1) is 5.10 Å². The molecule has 1 saturated heterocycles. The van der Waals surface area contributed by atoms with Crippen LogP contribution in [0.15, 0.2) is 24.5 Å². The van der Waals surface area contributed by atoms with E-state index in [9.17, 15) is 9.18 Å². The number of ether oxygens (including phenoxy) is 2. The second-order valence-electron chi connectivity index (χ2n) is 7.37. The third-order valence-electron chi connectivity index (χ3n) is 4.82.